The van der Waals surface area contributed by atoms with Gasteiger partial charge in [0.2, 0.25) is 0 Å². The van der Waals surface area contributed by atoms with Crippen LogP contribution in [0.15, 0.2) is 36.6 Å². The predicted molar refractivity (Wildman–Crippen MR) is 83.2 cm³/mol. The second-order valence-corrected chi connectivity index (χ2v) is 7.87. The average Bonchev–Trinajstić information content (AvgIpc) is 2.94. The third-order valence-electron chi connectivity index (χ3n) is 2.72. The maximum atomic E-state index is 5.15. The van der Waals surface area contributed by atoms with Crippen molar-refractivity contribution in [3.05, 3.63) is 43.4 Å². The second kappa shape index (κ2) is 6.89. The lowest BCUT2D eigenvalue weighted by Crippen LogP contribution is -2.23. The minimum Gasteiger partial charge on any atom is -0.472 e. The van der Waals surface area contributed by atoms with E-state index in [1.165, 1.54) is 14.9 Å². The molecule has 2 rings (SSSR count). The molecule has 0 fully saturated rings. The average molecular weight is 393 g/mol. The molecule has 2 heterocycles. The van der Waals surface area contributed by atoms with Gasteiger partial charge in [-0.2, -0.15) is 0 Å². The Kier molecular flexibility index (Phi) is 5.48. The first-order valence-electron chi connectivity index (χ1n) is 5.90. The molecule has 0 radical (unpaired) electrons. The van der Waals surface area contributed by atoms with Gasteiger partial charge in [0.05, 0.1) is 20.1 Å². The van der Waals surface area contributed by atoms with Crippen LogP contribution in [0.25, 0.3) is 0 Å². The van der Waals surface area contributed by atoms with Gasteiger partial charge in [0.25, 0.3) is 0 Å². The molecule has 0 bridgehead atoms. The van der Waals surface area contributed by atoms with Crippen molar-refractivity contribution in [3.63, 3.8) is 0 Å². The lowest BCUT2D eigenvalue weighted by Gasteiger charge is -2.17. The van der Waals surface area contributed by atoms with Gasteiger partial charge in [0.1, 0.15) is 0 Å². The highest BCUT2D eigenvalue weighted by Gasteiger charge is 2.17. The van der Waals surface area contributed by atoms with Gasteiger partial charge in [-0.05, 0) is 74.5 Å². The molecule has 1 atom stereocenters. The van der Waals surface area contributed by atoms with E-state index in [9.17, 15) is 0 Å². The number of rotatable bonds is 6. The summed E-state index contributed by atoms with van der Waals surface area (Å²) in [5.74, 6) is 0. The van der Waals surface area contributed by atoms with Gasteiger partial charge >= 0.3 is 0 Å². The Labute approximate surface area is 128 Å². The molecular formula is C13H15Br2NOS. The monoisotopic (exact) mass is 391 g/mol. The molecule has 0 aliphatic rings. The van der Waals surface area contributed by atoms with Crippen LogP contribution < -0.4 is 5.32 Å². The summed E-state index contributed by atoms with van der Waals surface area (Å²) in [6, 6.07) is 4.53. The molecule has 5 heteroatoms. The summed E-state index contributed by atoms with van der Waals surface area (Å²) in [7, 11) is 0. The fourth-order valence-corrected chi connectivity index (χ4v) is 4.82. The first-order valence-corrected chi connectivity index (χ1v) is 8.30. The van der Waals surface area contributed by atoms with E-state index in [-0.39, 0.29) is 0 Å². The van der Waals surface area contributed by atoms with E-state index in [4.69, 9.17) is 4.42 Å². The maximum absolute atomic E-state index is 5.15. The molecule has 0 aliphatic carbocycles. The van der Waals surface area contributed by atoms with Crippen molar-refractivity contribution in [1.29, 1.82) is 0 Å². The summed E-state index contributed by atoms with van der Waals surface area (Å²) in [5, 5.41) is 3.59. The zero-order chi connectivity index (χ0) is 13.0. The lowest BCUT2D eigenvalue weighted by atomic mass is 10.0. The fourth-order valence-electron chi connectivity index (χ4n) is 1.85. The third kappa shape index (κ3) is 3.70. The van der Waals surface area contributed by atoms with E-state index in [2.05, 4.69) is 50.2 Å². The van der Waals surface area contributed by atoms with Crippen LogP contribution in [0.4, 0.5) is 0 Å². The van der Waals surface area contributed by atoms with E-state index in [1.54, 1.807) is 17.6 Å². The number of hydrogen-bond donors (Lipinski definition) is 1. The normalized spacial score (nSPS) is 12.8. The molecule has 98 valence electrons. The van der Waals surface area contributed by atoms with E-state index >= 15 is 0 Å². The molecule has 0 aromatic carbocycles. The van der Waals surface area contributed by atoms with Crippen LogP contribution in [0.3, 0.4) is 0 Å². The van der Waals surface area contributed by atoms with E-state index < -0.39 is 0 Å². The summed E-state index contributed by atoms with van der Waals surface area (Å²) < 4.78 is 7.48. The van der Waals surface area contributed by atoms with Gasteiger partial charge in [0.15, 0.2) is 0 Å². The third-order valence-corrected chi connectivity index (χ3v) is 5.10. The second-order valence-electron chi connectivity index (χ2n) is 4.12. The first kappa shape index (κ1) is 14.3. The van der Waals surface area contributed by atoms with Gasteiger partial charge in [-0.25, -0.2) is 0 Å². The van der Waals surface area contributed by atoms with E-state index in [1.807, 2.05) is 12.3 Å². The molecule has 2 aromatic heterocycles. The standard InChI is InChI=1S/C13H15Br2NOS/c1-2-4-16-11(6-9-3-5-17-8-9)10-7-12(14)18-13(10)15/h3,5,7-8,11,16H,2,4,6H2,1H3. The van der Waals surface area contributed by atoms with Crippen LogP contribution in [0.1, 0.15) is 30.5 Å². The van der Waals surface area contributed by atoms with Crippen LogP contribution in [0, 0.1) is 0 Å². The minimum absolute atomic E-state index is 0.319. The molecule has 0 aliphatic heterocycles. The Hall–Kier alpha value is -0.100. The van der Waals surface area contributed by atoms with Crippen LogP contribution >= 0.6 is 43.2 Å². The Bertz CT molecular complexity index is 481. The molecule has 2 nitrogen and oxygen atoms in total. The predicted octanol–water partition coefficient (Wildman–Crippen LogP) is 5.15. The Balaban J connectivity index is 2.16. The molecule has 0 saturated heterocycles. The Morgan fingerprint density at radius 1 is 1.44 bits per heavy atom. The van der Waals surface area contributed by atoms with Crippen LogP contribution in [0.5, 0.6) is 0 Å². The largest absolute Gasteiger partial charge is 0.472 e. The number of nitrogens with one attached hydrogen (secondary N) is 1. The summed E-state index contributed by atoms with van der Waals surface area (Å²) in [4.78, 5) is 0. The van der Waals surface area contributed by atoms with Crippen molar-refractivity contribution in [2.24, 2.45) is 0 Å². The minimum atomic E-state index is 0.319. The number of thiophene rings is 1. The lowest BCUT2D eigenvalue weighted by molar-refractivity contribution is 0.520. The Morgan fingerprint density at radius 2 is 2.28 bits per heavy atom. The van der Waals surface area contributed by atoms with Crippen molar-refractivity contribution >= 4 is 43.2 Å². The van der Waals surface area contributed by atoms with Crippen molar-refractivity contribution in [3.8, 4) is 0 Å². The molecule has 0 amide bonds. The summed E-state index contributed by atoms with van der Waals surface area (Å²) >= 11 is 8.89. The molecule has 0 saturated carbocycles. The van der Waals surface area contributed by atoms with Gasteiger partial charge in [-0.15, -0.1) is 11.3 Å². The van der Waals surface area contributed by atoms with Gasteiger partial charge in [0, 0.05) is 6.04 Å². The van der Waals surface area contributed by atoms with Crippen molar-refractivity contribution in [2.45, 2.75) is 25.8 Å². The summed E-state index contributed by atoms with van der Waals surface area (Å²) in [5.41, 5.74) is 2.53. The maximum Gasteiger partial charge on any atom is 0.0935 e. The zero-order valence-electron chi connectivity index (χ0n) is 10.1. The van der Waals surface area contributed by atoms with Crippen LogP contribution in [0.2, 0.25) is 0 Å². The van der Waals surface area contributed by atoms with Crippen LogP contribution in [-0.4, -0.2) is 6.54 Å². The van der Waals surface area contributed by atoms with Gasteiger partial charge < -0.3 is 9.73 Å². The summed E-state index contributed by atoms with van der Waals surface area (Å²) in [6.45, 7) is 3.20. The molecule has 1 unspecified atom stereocenters. The SMILES string of the molecule is CCCNC(Cc1ccoc1)c1cc(Br)sc1Br. The topological polar surface area (TPSA) is 25.2 Å². The Morgan fingerprint density at radius 3 is 2.83 bits per heavy atom. The van der Waals surface area contributed by atoms with Gasteiger partial charge in [-0.1, -0.05) is 6.92 Å². The van der Waals surface area contributed by atoms with Gasteiger partial charge in [-0.3, -0.25) is 0 Å². The van der Waals surface area contributed by atoms with E-state index in [0.717, 1.165) is 23.2 Å². The van der Waals surface area contributed by atoms with Crippen molar-refractivity contribution < 1.29 is 4.42 Å². The number of hydrogen-bond acceptors (Lipinski definition) is 3. The van der Waals surface area contributed by atoms with Crippen LogP contribution in [-0.2, 0) is 6.42 Å². The number of halogens is 2. The van der Waals surface area contributed by atoms with E-state index in [0.29, 0.717) is 6.04 Å². The molecule has 18 heavy (non-hydrogen) atoms. The molecule has 0 spiro atoms. The smallest absolute Gasteiger partial charge is 0.0935 e. The highest BCUT2D eigenvalue weighted by atomic mass is 79.9. The zero-order valence-corrected chi connectivity index (χ0v) is 14.1. The molecule has 1 N–H and O–H groups in total. The summed E-state index contributed by atoms with van der Waals surface area (Å²) in [6.07, 6.45) is 5.61. The highest BCUT2D eigenvalue weighted by molar-refractivity contribution is 9.12. The van der Waals surface area contributed by atoms with Crippen molar-refractivity contribution in [1.82, 2.24) is 5.32 Å². The molecular weight excluding hydrogens is 378 g/mol. The molecule has 2 aromatic rings. The highest BCUT2D eigenvalue weighted by Crippen LogP contribution is 2.36. The first-order chi connectivity index (χ1) is 8.70. The number of furan rings is 1. The fraction of sp³-hybridized carbons (Fsp3) is 0.385. The van der Waals surface area contributed by atoms with Crippen molar-refractivity contribution in [2.75, 3.05) is 6.54 Å². The quantitative estimate of drug-likeness (QED) is 0.735.